The quantitative estimate of drug-likeness (QED) is 0.849. The summed E-state index contributed by atoms with van der Waals surface area (Å²) < 4.78 is 0. The van der Waals surface area contributed by atoms with Gasteiger partial charge in [0.1, 0.15) is 5.82 Å². The number of pyridine rings is 1. The van der Waals surface area contributed by atoms with Gasteiger partial charge in [0.25, 0.3) is 0 Å². The van der Waals surface area contributed by atoms with E-state index in [-0.39, 0.29) is 5.56 Å². The highest BCUT2D eigenvalue weighted by atomic mass is 16.4. The molecule has 0 aliphatic carbocycles. The monoisotopic (exact) mass is 284 g/mol. The molecule has 0 saturated carbocycles. The molecule has 0 amide bonds. The van der Waals surface area contributed by atoms with Crippen LogP contribution in [0.25, 0.3) is 0 Å². The average molecular weight is 284 g/mol. The van der Waals surface area contributed by atoms with E-state index >= 15 is 0 Å². The number of carbonyl (C=O) groups is 1. The molecule has 21 heavy (non-hydrogen) atoms. The topological polar surface area (TPSA) is 62.2 Å². The van der Waals surface area contributed by atoms with Gasteiger partial charge in [-0.15, -0.1) is 0 Å². The molecule has 4 nitrogen and oxygen atoms in total. The van der Waals surface area contributed by atoms with E-state index in [9.17, 15) is 4.79 Å². The summed E-state index contributed by atoms with van der Waals surface area (Å²) in [6, 6.07) is 13.5. The maximum Gasteiger partial charge on any atom is 0.335 e. The second kappa shape index (κ2) is 6.88. The fourth-order valence-electron chi connectivity index (χ4n) is 2.25. The molecule has 2 N–H and O–H groups in total. The fraction of sp³-hybridized carbons (Fsp3) is 0.294. The molecule has 0 radical (unpaired) electrons. The lowest BCUT2D eigenvalue weighted by Gasteiger charge is -2.13. The summed E-state index contributed by atoms with van der Waals surface area (Å²) in [5.74, 6) is 0.135. The Bertz CT molecular complexity index is 611. The molecule has 0 aliphatic heterocycles. The van der Waals surface area contributed by atoms with E-state index in [0.29, 0.717) is 17.4 Å². The highest BCUT2D eigenvalue weighted by Gasteiger charge is 2.08. The molecule has 0 aliphatic rings. The summed E-state index contributed by atoms with van der Waals surface area (Å²) in [5.41, 5.74) is 2.28. The lowest BCUT2D eigenvalue weighted by molar-refractivity contribution is 0.0696. The first-order valence-corrected chi connectivity index (χ1v) is 7.07. The number of rotatable bonds is 6. The molecule has 0 fully saturated rings. The summed E-state index contributed by atoms with van der Waals surface area (Å²) in [4.78, 5) is 15.3. The Morgan fingerprint density at radius 1 is 1.29 bits per heavy atom. The van der Waals surface area contributed by atoms with Gasteiger partial charge in [0.2, 0.25) is 0 Å². The smallest absolute Gasteiger partial charge is 0.335 e. The maximum absolute atomic E-state index is 11.0. The Labute approximate surface area is 124 Å². The first-order chi connectivity index (χ1) is 10.1. The van der Waals surface area contributed by atoms with Crippen LogP contribution < -0.4 is 5.32 Å². The van der Waals surface area contributed by atoms with Gasteiger partial charge in [0, 0.05) is 12.2 Å². The number of benzene rings is 1. The number of hydrogen-bond donors (Lipinski definition) is 2. The molecule has 1 unspecified atom stereocenters. The van der Waals surface area contributed by atoms with Crippen molar-refractivity contribution >= 4 is 11.8 Å². The molecule has 4 heteroatoms. The number of carboxylic acid groups (broad SMARTS) is 1. The summed E-state index contributed by atoms with van der Waals surface area (Å²) in [5, 5.41) is 12.2. The predicted molar refractivity (Wildman–Crippen MR) is 83.9 cm³/mol. The van der Waals surface area contributed by atoms with Crippen LogP contribution in [0, 0.1) is 6.92 Å². The first-order valence-electron chi connectivity index (χ1n) is 7.07. The van der Waals surface area contributed by atoms with E-state index in [4.69, 9.17) is 5.11 Å². The normalized spacial score (nSPS) is 11.9. The molecule has 110 valence electrons. The predicted octanol–water partition coefficient (Wildman–Crippen LogP) is 3.69. The van der Waals surface area contributed by atoms with Crippen molar-refractivity contribution < 1.29 is 9.90 Å². The minimum absolute atomic E-state index is 0.265. The van der Waals surface area contributed by atoms with Gasteiger partial charge in [-0.25, -0.2) is 9.78 Å². The van der Waals surface area contributed by atoms with Crippen LogP contribution >= 0.6 is 0 Å². The van der Waals surface area contributed by atoms with Gasteiger partial charge in [-0.05, 0) is 37.0 Å². The number of nitrogens with zero attached hydrogens (tertiary/aromatic N) is 1. The Kier molecular flexibility index (Phi) is 4.93. The summed E-state index contributed by atoms with van der Waals surface area (Å²) in [6.07, 6.45) is 0.960. The minimum Gasteiger partial charge on any atom is -0.478 e. The molecule has 0 bridgehead atoms. The van der Waals surface area contributed by atoms with Gasteiger partial charge in [0.15, 0.2) is 0 Å². The van der Waals surface area contributed by atoms with Crippen molar-refractivity contribution in [2.45, 2.75) is 26.2 Å². The Morgan fingerprint density at radius 3 is 2.67 bits per heavy atom. The van der Waals surface area contributed by atoms with Gasteiger partial charge >= 0.3 is 5.97 Å². The molecule has 1 heterocycles. The molecule has 1 aromatic carbocycles. The molecular formula is C17H20N2O2. The maximum atomic E-state index is 11.0. The van der Waals surface area contributed by atoms with Crippen molar-refractivity contribution in [2.24, 2.45) is 0 Å². The van der Waals surface area contributed by atoms with Crippen molar-refractivity contribution in [3.63, 3.8) is 0 Å². The zero-order valence-corrected chi connectivity index (χ0v) is 12.3. The number of hydrogen-bond acceptors (Lipinski definition) is 3. The summed E-state index contributed by atoms with van der Waals surface area (Å²) >= 11 is 0. The Hall–Kier alpha value is -2.36. The Balaban J connectivity index is 1.93. The fourth-order valence-corrected chi connectivity index (χ4v) is 2.25. The third kappa shape index (κ3) is 4.31. The van der Waals surface area contributed by atoms with Gasteiger partial charge in [0.05, 0.1) is 5.56 Å². The van der Waals surface area contributed by atoms with E-state index in [1.165, 1.54) is 5.56 Å². The van der Waals surface area contributed by atoms with E-state index in [2.05, 4.69) is 29.4 Å². The standard InChI is InChI=1S/C17H20N2O2/c1-12(14-6-4-3-5-7-14)8-9-18-16-11-15(17(20)21)10-13(2)19-16/h3-7,10-12H,8-9H2,1-2H3,(H,18,19)(H,20,21). The Morgan fingerprint density at radius 2 is 2.00 bits per heavy atom. The van der Waals surface area contributed by atoms with Crippen LogP contribution in [0.3, 0.4) is 0 Å². The van der Waals surface area contributed by atoms with Crippen LogP contribution in [0.2, 0.25) is 0 Å². The van der Waals surface area contributed by atoms with Crippen molar-refractivity contribution in [2.75, 3.05) is 11.9 Å². The number of aromatic carboxylic acids is 1. The van der Waals surface area contributed by atoms with Crippen LogP contribution in [0.4, 0.5) is 5.82 Å². The molecular weight excluding hydrogens is 264 g/mol. The lowest BCUT2D eigenvalue weighted by atomic mass is 9.98. The second-order valence-corrected chi connectivity index (χ2v) is 5.21. The molecule has 2 aromatic rings. The molecule has 2 rings (SSSR count). The molecule has 1 atom stereocenters. The highest BCUT2D eigenvalue weighted by Crippen LogP contribution is 2.18. The van der Waals surface area contributed by atoms with Crippen LogP contribution in [0.1, 0.15) is 40.9 Å². The van der Waals surface area contributed by atoms with Crippen LogP contribution in [-0.2, 0) is 0 Å². The van der Waals surface area contributed by atoms with Crippen LogP contribution in [0.15, 0.2) is 42.5 Å². The molecule has 1 aromatic heterocycles. The third-order valence-corrected chi connectivity index (χ3v) is 3.45. The average Bonchev–Trinajstić information content (AvgIpc) is 2.47. The molecule has 0 spiro atoms. The van der Waals surface area contributed by atoms with E-state index in [1.807, 2.05) is 18.2 Å². The van der Waals surface area contributed by atoms with Gasteiger partial charge in [-0.3, -0.25) is 0 Å². The van der Waals surface area contributed by atoms with Crippen molar-refractivity contribution in [1.82, 2.24) is 4.98 Å². The SMILES string of the molecule is Cc1cc(C(=O)O)cc(NCCC(C)c2ccccc2)n1. The second-order valence-electron chi connectivity index (χ2n) is 5.21. The number of aryl methyl sites for hydroxylation is 1. The summed E-state index contributed by atoms with van der Waals surface area (Å²) in [7, 11) is 0. The number of nitrogens with one attached hydrogen (secondary N) is 1. The van der Waals surface area contributed by atoms with Gasteiger partial charge < -0.3 is 10.4 Å². The number of anilines is 1. The van der Waals surface area contributed by atoms with Crippen LogP contribution in [-0.4, -0.2) is 22.6 Å². The van der Waals surface area contributed by atoms with E-state index < -0.39 is 5.97 Å². The largest absolute Gasteiger partial charge is 0.478 e. The number of carboxylic acids is 1. The van der Waals surface area contributed by atoms with Crippen molar-refractivity contribution in [3.05, 3.63) is 59.3 Å². The van der Waals surface area contributed by atoms with Gasteiger partial charge in [-0.2, -0.15) is 0 Å². The zero-order chi connectivity index (χ0) is 15.2. The van der Waals surface area contributed by atoms with Crippen molar-refractivity contribution in [3.8, 4) is 0 Å². The van der Waals surface area contributed by atoms with Crippen LogP contribution in [0.5, 0.6) is 0 Å². The van der Waals surface area contributed by atoms with Crippen molar-refractivity contribution in [1.29, 1.82) is 0 Å². The molecule has 0 saturated heterocycles. The lowest BCUT2D eigenvalue weighted by Crippen LogP contribution is -2.09. The zero-order valence-electron chi connectivity index (χ0n) is 12.3. The van der Waals surface area contributed by atoms with Gasteiger partial charge in [-0.1, -0.05) is 37.3 Å². The first kappa shape index (κ1) is 15.0. The van der Waals surface area contributed by atoms with E-state index in [0.717, 1.165) is 13.0 Å². The highest BCUT2D eigenvalue weighted by molar-refractivity contribution is 5.88. The van der Waals surface area contributed by atoms with E-state index in [1.54, 1.807) is 19.1 Å². The number of aromatic nitrogens is 1. The minimum atomic E-state index is -0.929. The third-order valence-electron chi connectivity index (χ3n) is 3.45. The summed E-state index contributed by atoms with van der Waals surface area (Å²) in [6.45, 7) is 4.74.